The zero-order valence-electron chi connectivity index (χ0n) is 13.1. The van der Waals surface area contributed by atoms with E-state index in [4.69, 9.17) is 11.6 Å². The van der Waals surface area contributed by atoms with E-state index in [1.165, 1.54) is 18.2 Å². The van der Waals surface area contributed by atoms with Crippen LogP contribution < -0.4 is 10.6 Å². The number of carbonyl (C=O) groups excluding carboxylic acids is 1. The predicted octanol–water partition coefficient (Wildman–Crippen LogP) is 3.82. The summed E-state index contributed by atoms with van der Waals surface area (Å²) in [5.74, 6) is -2.46. The maximum Gasteiger partial charge on any atom is 0.294 e. The molecular weight excluding hydrogens is 356 g/mol. The minimum Gasteiger partial charge on any atom is -0.319 e. The summed E-state index contributed by atoms with van der Waals surface area (Å²) in [6, 6.07) is 6.89. The summed E-state index contributed by atoms with van der Waals surface area (Å²) in [6.45, 7) is 1.49. The molecule has 2 N–H and O–H groups in total. The van der Waals surface area contributed by atoms with Crippen molar-refractivity contribution in [3.05, 3.63) is 68.7 Å². The van der Waals surface area contributed by atoms with Crippen LogP contribution in [0.4, 0.5) is 20.2 Å². The van der Waals surface area contributed by atoms with Crippen molar-refractivity contribution in [3.8, 4) is 0 Å². The van der Waals surface area contributed by atoms with E-state index in [1.54, 1.807) is 6.92 Å². The molecule has 0 aliphatic carbocycles. The Bertz CT molecular complexity index is 817. The minimum atomic E-state index is -0.979. The Morgan fingerprint density at radius 3 is 2.60 bits per heavy atom. The average molecular weight is 370 g/mol. The highest BCUT2D eigenvalue weighted by Crippen LogP contribution is 2.27. The molecule has 0 heterocycles. The highest BCUT2D eigenvalue weighted by molar-refractivity contribution is 6.31. The van der Waals surface area contributed by atoms with E-state index in [0.29, 0.717) is 5.56 Å². The van der Waals surface area contributed by atoms with Gasteiger partial charge in [0.25, 0.3) is 5.69 Å². The highest BCUT2D eigenvalue weighted by atomic mass is 35.5. The number of hydrogen-bond donors (Lipinski definition) is 2. The van der Waals surface area contributed by atoms with Crippen LogP contribution in [0.1, 0.15) is 18.5 Å². The van der Waals surface area contributed by atoms with Crippen molar-refractivity contribution in [2.24, 2.45) is 0 Å². The van der Waals surface area contributed by atoms with Crippen LogP contribution in [-0.2, 0) is 4.79 Å². The molecule has 25 heavy (non-hydrogen) atoms. The average Bonchev–Trinajstić information content (AvgIpc) is 2.56. The van der Waals surface area contributed by atoms with Gasteiger partial charge in [0.15, 0.2) is 11.6 Å². The van der Waals surface area contributed by atoms with Crippen LogP contribution in [0.5, 0.6) is 0 Å². The van der Waals surface area contributed by atoms with Gasteiger partial charge in [-0.15, -0.1) is 0 Å². The van der Waals surface area contributed by atoms with Crippen LogP contribution in [0, 0.1) is 21.7 Å². The SMILES string of the molecule is C[C@H](NCC(=O)Nc1ccc(Cl)cc1[N+](=O)[O-])c1ccc(F)c(F)c1. The molecule has 0 radical (unpaired) electrons. The summed E-state index contributed by atoms with van der Waals surface area (Å²) < 4.78 is 26.1. The van der Waals surface area contributed by atoms with Crippen molar-refractivity contribution < 1.29 is 18.5 Å². The molecule has 0 fully saturated rings. The first kappa shape index (κ1) is 18.8. The zero-order chi connectivity index (χ0) is 18.6. The number of hydrogen-bond acceptors (Lipinski definition) is 4. The van der Waals surface area contributed by atoms with Crippen LogP contribution in [0.25, 0.3) is 0 Å². The quantitative estimate of drug-likeness (QED) is 0.599. The summed E-state index contributed by atoms with van der Waals surface area (Å²) in [4.78, 5) is 22.3. The van der Waals surface area contributed by atoms with E-state index in [1.807, 2.05) is 0 Å². The third-order valence-electron chi connectivity index (χ3n) is 3.44. The van der Waals surface area contributed by atoms with Crippen LogP contribution in [-0.4, -0.2) is 17.4 Å². The lowest BCUT2D eigenvalue weighted by Crippen LogP contribution is -2.30. The second kappa shape index (κ2) is 8.00. The maximum absolute atomic E-state index is 13.2. The van der Waals surface area contributed by atoms with Gasteiger partial charge in [-0.3, -0.25) is 14.9 Å². The van der Waals surface area contributed by atoms with Gasteiger partial charge in [0, 0.05) is 17.1 Å². The fourth-order valence-electron chi connectivity index (χ4n) is 2.10. The molecule has 1 amide bonds. The van der Waals surface area contributed by atoms with Crippen molar-refractivity contribution in [2.45, 2.75) is 13.0 Å². The van der Waals surface area contributed by atoms with Gasteiger partial charge < -0.3 is 10.6 Å². The molecule has 2 aromatic carbocycles. The second-order valence-corrected chi connectivity index (χ2v) is 5.68. The first-order valence-corrected chi connectivity index (χ1v) is 7.58. The summed E-state index contributed by atoms with van der Waals surface area (Å²) in [5.41, 5.74) is 0.153. The number of benzene rings is 2. The Labute approximate surface area is 146 Å². The molecule has 0 aliphatic rings. The largest absolute Gasteiger partial charge is 0.319 e. The first-order valence-electron chi connectivity index (χ1n) is 7.20. The number of rotatable bonds is 6. The van der Waals surface area contributed by atoms with E-state index in [0.717, 1.165) is 18.2 Å². The van der Waals surface area contributed by atoms with Gasteiger partial charge in [0.05, 0.1) is 11.5 Å². The molecule has 9 heteroatoms. The molecule has 0 bridgehead atoms. The van der Waals surface area contributed by atoms with Crippen molar-refractivity contribution in [2.75, 3.05) is 11.9 Å². The van der Waals surface area contributed by atoms with E-state index in [9.17, 15) is 23.7 Å². The lowest BCUT2D eigenvalue weighted by molar-refractivity contribution is -0.383. The molecule has 0 aliphatic heterocycles. The number of nitro benzene ring substituents is 1. The molecule has 6 nitrogen and oxygen atoms in total. The van der Waals surface area contributed by atoms with E-state index >= 15 is 0 Å². The molecule has 0 spiro atoms. The minimum absolute atomic E-state index is 0.0154. The Morgan fingerprint density at radius 1 is 1.24 bits per heavy atom. The number of amides is 1. The molecular formula is C16H14ClF2N3O3. The van der Waals surface area contributed by atoms with E-state index in [-0.39, 0.29) is 22.9 Å². The monoisotopic (exact) mass is 369 g/mol. The summed E-state index contributed by atoms with van der Waals surface area (Å²) in [7, 11) is 0. The fraction of sp³-hybridized carbons (Fsp3) is 0.188. The van der Waals surface area contributed by atoms with Gasteiger partial charge in [0.1, 0.15) is 5.69 Å². The lowest BCUT2D eigenvalue weighted by atomic mass is 10.1. The normalized spacial score (nSPS) is 11.8. The predicted molar refractivity (Wildman–Crippen MR) is 89.5 cm³/mol. The molecule has 0 unspecified atom stereocenters. The summed E-state index contributed by atoms with van der Waals surface area (Å²) in [6.07, 6.45) is 0. The summed E-state index contributed by atoms with van der Waals surface area (Å²) in [5, 5.41) is 16.4. The van der Waals surface area contributed by atoms with Gasteiger partial charge in [-0.25, -0.2) is 8.78 Å². The lowest BCUT2D eigenvalue weighted by Gasteiger charge is -2.14. The first-order chi connectivity index (χ1) is 11.8. The van der Waals surface area contributed by atoms with Crippen molar-refractivity contribution in [1.29, 1.82) is 0 Å². The van der Waals surface area contributed by atoms with Crippen molar-refractivity contribution >= 4 is 28.9 Å². The topological polar surface area (TPSA) is 84.3 Å². The Balaban J connectivity index is 1.99. The third kappa shape index (κ3) is 4.94. The number of nitrogens with one attached hydrogen (secondary N) is 2. The maximum atomic E-state index is 13.2. The Hall–Kier alpha value is -2.58. The molecule has 132 valence electrons. The number of anilines is 1. The molecule has 0 saturated carbocycles. The second-order valence-electron chi connectivity index (χ2n) is 5.24. The Kier molecular flexibility index (Phi) is 6.00. The molecule has 1 atom stereocenters. The zero-order valence-corrected chi connectivity index (χ0v) is 13.8. The molecule has 0 saturated heterocycles. The van der Waals surface area contributed by atoms with Crippen LogP contribution >= 0.6 is 11.6 Å². The van der Waals surface area contributed by atoms with E-state index in [2.05, 4.69) is 10.6 Å². The van der Waals surface area contributed by atoms with Crippen LogP contribution in [0.15, 0.2) is 36.4 Å². The van der Waals surface area contributed by atoms with Gasteiger partial charge in [-0.2, -0.15) is 0 Å². The molecule has 0 aromatic heterocycles. The standard InChI is InChI=1S/C16H14ClF2N3O3/c1-9(10-2-4-12(18)13(19)6-10)20-8-16(23)21-14-5-3-11(17)7-15(14)22(24)25/h2-7,9,20H,8H2,1H3,(H,21,23)/t9-/m0/s1. The molecule has 2 rings (SSSR count). The fourth-order valence-corrected chi connectivity index (χ4v) is 2.27. The smallest absolute Gasteiger partial charge is 0.294 e. The number of nitro groups is 1. The Morgan fingerprint density at radius 2 is 1.96 bits per heavy atom. The van der Waals surface area contributed by atoms with Gasteiger partial charge in [-0.05, 0) is 36.8 Å². The third-order valence-corrected chi connectivity index (χ3v) is 3.68. The summed E-state index contributed by atoms with van der Waals surface area (Å²) >= 11 is 5.71. The number of carbonyl (C=O) groups is 1. The van der Waals surface area contributed by atoms with Crippen LogP contribution in [0.2, 0.25) is 5.02 Å². The van der Waals surface area contributed by atoms with Crippen molar-refractivity contribution in [3.63, 3.8) is 0 Å². The van der Waals surface area contributed by atoms with Gasteiger partial charge in [-0.1, -0.05) is 17.7 Å². The van der Waals surface area contributed by atoms with E-state index < -0.39 is 28.5 Å². The van der Waals surface area contributed by atoms with Crippen molar-refractivity contribution in [1.82, 2.24) is 5.32 Å². The molecule has 2 aromatic rings. The highest BCUT2D eigenvalue weighted by Gasteiger charge is 2.17. The number of halogens is 3. The van der Waals surface area contributed by atoms with Crippen LogP contribution in [0.3, 0.4) is 0 Å². The number of nitrogens with zero attached hydrogens (tertiary/aromatic N) is 1. The van der Waals surface area contributed by atoms with Gasteiger partial charge >= 0.3 is 0 Å². The van der Waals surface area contributed by atoms with Gasteiger partial charge in [0.2, 0.25) is 5.91 Å².